The van der Waals surface area contributed by atoms with Crippen molar-refractivity contribution in [1.82, 2.24) is 20.5 Å². The van der Waals surface area contributed by atoms with Crippen LogP contribution < -0.4 is 20.1 Å². The van der Waals surface area contributed by atoms with Gasteiger partial charge in [0.25, 0.3) is 0 Å². The highest BCUT2D eigenvalue weighted by atomic mass is 16.7. The molecule has 8 heteroatoms. The molecule has 0 spiro atoms. The normalized spacial score (nSPS) is 16.8. The van der Waals surface area contributed by atoms with E-state index in [1.807, 2.05) is 43.3 Å². The number of ether oxygens (including phenoxy) is 2. The zero-order valence-electron chi connectivity index (χ0n) is 17.0. The van der Waals surface area contributed by atoms with Crippen LogP contribution in [0.2, 0.25) is 0 Å². The molecule has 0 radical (unpaired) electrons. The molecule has 1 fully saturated rings. The van der Waals surface area contributed by atoms with E-state index in [1.165, 1.54) is 0 Å². The number of fused-ring (bicyclic) bond motifs is 1. The van der Waals surface area contributed by atoms with Crippen LogP contribution in [0.1, 0.15) is 37.1 Å². The molecule has 1 saturated heterocycles. The van der Waals surface area contributed by atoms with Crippen molar-refractivity contribution < 1.29 is 19.1 Å². The van der Waals surface area contributed by atoms with Gasteiger partial charge in [0, 0.05) is 31.7 Å². The molecule has 30 heavy (non-hydrogen) atoms. The Kier molecular flexibility index (Phi) is 6.02. The lowest BCUT2D eigenvalue weighted by molar-refractivity contribution is -0.126. The lowest BCUT2D eigenvalue weighted by atomic mass is 9.94. The van der Waals surface area contributed by atoms with Crippen molar-refractivity contribution in [3.63, 3.8) is 0 Å². The molecule has 3 amide bonds. The van der Waals surface area contributed by atoms with Crippen molar-refractivity contribution in [3.05, 3.63) is 53.9 Å². The molecule has 0 bridgehead atoms. The van der Waals surface area contributed by atoms with Gasteiger partial charge in [-0.3, -0.25) is 9.78 Å². The van der Waals surface area contributed by atoms with Gasteiger partial charge in [-0.25, -0.2) is 4.79 Å². The van der Waals surface area contributed by atoms with Crippen LogP contribution in [0.3, 0.4) is 0 Å². The van der Waals surface area contributed by atoms with Gasteiger partial charge in [0.05, 0.1) is 11.7 Å². The molecule has 3 heterocycles. The van der Waals surface area contributed by atoms with Crippen LogP contribution in [0.4, 0.5) is 4.79 Å². The molecule has 0 aliphatic carbocycles. The third-order valence-electron chi connectivity index (χ3n) is 5.48. The first-order chi connectivity index (χ1) is 14.7. The molecule has 2 N–H and O–H groups in total. The number of hydrogen-bond acceptors (Lipinski definition) is 5. The van der Waals surface area contributed by atoms with E-state index in [0.717, 1.165) is 11.3 Å². The number of aromatic nitrogens is 1. The minimum absolute atomic E-state index is 0.0288. The number of piperidine rings is 1. The van der Waals surface area contributed by atoms with Gasteiger partial charge in [-0.15, -0.1) is 0 Å². The summed E-state index contributed by atoms with van der Waals surface area (Å²) in [6, 6.07) is 10.8. The Morgan fingerprint density at radius 3 is 2.70 bits per heavy atom. The smallest absolute Gasteiger partial charge is 0.317 e. The molecule has 1 unspecified atom stereocenters. The molecule has 158 valence electrons. The first-order valence-corrected chi connectivity index (χ1v) is 10.3. The van der Waals surface area contributed by atoms with Crippen molar-refractivity contribution in [3.8, 4) is 11.5 Å². The summed E-state index contributed by atoms with van der Waals surface area (Å²) in [5.41, 5.74) is 1.63. The van der Waals surface area contributed by atoms with Crippen LogP contribution in [-0.2, 0) is 4.79 Å². The maximum atomic E-state index is 13.1. The summed E-state index contributed by atoms with van der Waals surface area (Å²) in [7, 11) is 0. The first kappa shape index (κ1) is 20.0. The lowest BCUT2D eigenvalue weighted by Crippen LogP contribution is -2.47. The Hall–Kier alpha value is -3.29. The Labute approximate surface area is 175 Å². The quantitative estimate of drug-likeness (QED) is 0.790. The number of benzene rings is 1. The second-order valence-electron chi connectivity index (χ2n) is 7.41. The van der Waals surface area contributed by atoms with E-state index < -0.39 is 6.04 Å². The molecule has 2 aliphatic heterocycles. The van der Waals surface area contributed by atoms with E-state index in [-0.39, 0.29) is 24.6 Å². The van der Waals surface area contributed by atoms with Gasteiger partial charge in [0.2, 0.25) is 12.7 Å². The largest absolute Gasteiger partial charge is 0.454 e. The fourth-order valence-corrected chi connectivity index (χ4v) is 3.84. The van der Waals surface area contributed by atoms with Crippen molar-refractivity contribution in [2.45, 2.75) is 25.8 Å². The van der Waals surface area contributed by atoms with Crippen LogP contribution in [0, 0.1) is 5.92 Å². The lowest BCUT2D eigenvalue weighted by Gasteiger charge is -2.32. The Morgan fingerprint density at radius 2 is 1.97 bits per heavy atom. The Bertz CT molecular complexity index is 897. The molecule has 2 aliphatic rings. The summed E-state index contributed by atoms with van der Waals surface area (Å²) in [5.74, 6) is 1.19. The van der Waals surface area contributed by atoms with E-state index in [0.29, 0.717) is 44.0 Å². The van der Waals surface area contributed by atoms with Gasteiger partial charge < -0.3 is 25.0 Å². The summed E-state index contributed by atoms with van der Waals surface area (Å²) in [6.45, 7) is 3.83. The Balaban J connectivity index is 1.47. The van der Waals surface area contributed by atoms with Crippen LogP contribution >= 0.6 is 0 Å². The van der Waals surface area contributed by atoms with Gasteiger partial charge in [0.1, 0.15) is 0 Å². The molecule has 4 rings (SSSR count). The number of pyridine rings is 1. The SMILES string of the molecule is CCNC(=O)N1CCC(C(=O)NC(c2ccc3c(c2)OCO3)c2ccccn2)CC1. The standard InChI is InChI=1S/C22H26N4O4/c1-2-23-22(28)26-11-8-15(9-12-26)21(27)25-20(17-5-3-4-10-24-17)16-6-7-18-19(13-16)30-14-29-18/h3-7,10,13,15,20H,2,8-9,11-12,14H2,1H3,(H,23,28)(H,25,27). The predicted molar refractivity (Wildman–Crippen MR) is 110 cm³/mol. The van der Waals surface area contributed by atoms with Crippen LogP contribution in [0.25, 0.3) is 0 Å². The van der Waals surface area contributed by atoms with Crippen molar-refractivity contribution >= 4 is 11.9 Å². The maximum absolute atomic E-state index is 13.1. The van der Waals surface area contributed by atoms with Crippen LogP contribution in [-0.4, -0.2) is 48.2 Å². The number of rotatable bonds is 5. The van der Waals surface area contributed by atoms with E-state index in [9.17, 15) is 9.59 Å². The van der Waals surface area contributed by atoms with Crippen LogP contribution in [0.15, 0.2) is 42.6 Å². The third kappa shape index (κ3) is 4.32. The summed E-state index contributed by atoms with van der Waals surface area (Å²) >= 11 is 0. The minimum Gasteiger partial charge on any atom is -0.454 e. The predicted octanol–water partition coefficient (Wildman–Crippen LogP) is 2.46. The number of likely N-dealkylation sites (tertiary alicyclic amines) is 1. The molecule has 8 nitrogen and oxygen atoms in total. The number of urea groups is 1. The topological polar surface area (TPSA) is 92.8 Å². The molecule has 0 saturated carbocycles. The highest BCUT2D eigenvalue weighted by Crippen LogP contribution is 2.35. The van der Waals surface area contributed by atoms with Gasteiger partial charge in [-0.2, -0.15) is 0 Å². The number of amides is 3. The highest BCUT2D eigenvalue weighted by Gasteiger charge is 2.30. The summed E-state index contributed by atoms with van der Waals surface area (Å²) in [6.07, 6.45) is 2.99. The Morgan fingerprint density at radius 1 is 1.17 bits per heavy atom. The van der Waals surface area contributed by atoms with Crippen molar-refractivity contribution in [2.75, 3.05) is 26.4 Å². The number of carbonyl (C=O) groups excluding carboxylic acids is 2. The summed E-state index contributed by atoms with van der Waals surface area (Å²) < 4.78 is 10.9. The molecular formula is C22H26N4O4. The molecular weight excluding hydrogens is 384 g/mol. The number of hydrogen-bond donors (Lipinski definition) is 2. The van der Waals surface area contributed by atoms with E-state index in [2.05, 4.69) is 15.6 Å². The fourth-order valence-electron chi connectivity index (χ4n) is 3.84. The van der Waals surface area contributed by atoms with Crippen molar-refractivity contribution in [1.29, 1.82) is 0 Å². The van der Waals surface area contributed by atoms with E-state index in [1.54, 1.807) is 11.1 Å². The molecule has 1 atom stereocenters. The zero-order valence-corrected chi connectivity index (χ0v) is 17.0. The van der Waals surface area contributed by atoms with Gasteiger partial charge >= 0.3 is 6.03 Å². The van der Waals surface area contributed by atoms with E-state index in [4.69, 9.17) is 9.47 Å². The van der Waals surface area contributed by atoms with Gasteiger partial charge in [0.15, 0.2) is 11.5 Å². The van der Waals surface area contributed by atoms with Gasteiger partial charge in [-0.05, 0) is 49.6 Å². The zero-order chi connectivity index (χ0) is 20.9. The first-order valence-electron chi connectivity index (χ1n) is 10.3. The number of nitrogens with zero attached hydrogens (tertiary/aromatic N) is 2. The molecule has 1 aromatic carbocycles. The summed E-state index contributed by atoms with van der Waals surface area (Å²) in [5, 5.41) is 5.97. The average molecular weight is 410 g/mol. The second kappa shape index (κ2) is 9.02. The third-order valence-corrected chi connectivity index (χ3v) is 5.48. The fraction of sp³-hybridized carbons (Fsp3) is 0.409. The summed E-state index contributed by atoms with van der Waals surface area (Å²) in [4.78, 5) is 31.3. The second-order valence-corrected chi connectivity index (χ2v) is 7.41. The average Bonchev–Trinajstić information content (AvgIpc) is 3.26. The molecule has 1 aromatic heterocycles. The van der Waals surface area contributed by atoms with Crippen LogP contribution in [0.5, 0.6) is 11.5 Å². The molecule has 2 aromatic rings. The monoisotopic (exact) mass is 410 g/mol. The number of carbonyl (C=O) groups is 2. The maximum Gasteiger partial charge on any atom is 0.317 e. The van der Waals surface area contributed by atoms with Crippen molar-refractivity contribution in [2.24, 2.45) is 5.92 Å². The van der Waals surface area contributed by atoms with E-state index >= 15 is 0 Å². The van der Waals surface area contributed by atoms with Gasteiger partial charge in [-0.1, -0.05) is 12.1 Å². The highest BCUT2D eigenvalue weighted by molar-refractivity contribution is 5.80. The minimum atomic E-state index is -0.394. The number of nitrogens with one attached hydrogen (secondary N) is 2.